The Balaban J connectivity index is 1.58. The summed E-state index contributed by atoms with van der Waals surface area (Å²) >= 11 is 0. The van der Waals surface area contributed by atoms with Gasteiger partial charge in [0.15, 0.2) is 0 Å². The maximum absolute atomic E-state index is 13.2. The van der Waals surface area contributed by atoms with Gasteiger partial charge in [-0.3, -0.25) is 4.79 Å². The quantitative estimate of drug-likeness (QED) is 0.882. The van der Waals surface area contributed by atoms with Crippen LogP contribution in [0.25, 0.3) is 0 Å². The molecule has 2 aromatic rings. The van der Waals surface area contributed by atoms with E-state index in [1.54, 1.807) is 4.68 Å². The molecule has 3 heterocycles. The summed E-state index contributed by atoms with van der Waals surface area (Å²) in [6, 6.07) is 9.68. The Morgan fingerprint density at radius 1 is 1.25 bits per heavy atom. The summed E-state index contributed by atoms with van der Waals surface area (Å²) in [5.41, 5.74) is 1.12. The second-order valence-corrected chi connectivity index (χ2v) is 6.80. The second-order valence-electron chi connectivity index (χ2n) is 6.80. The van der Waals surface area contributed by atoms with Crippen molar-refractivity contribution in [2.45, 2.75) is 19.4 Å². The molecule has 7 nitrogen and oxygen atoms in total. The molecule has 2 aliphatic rings. The first-order valence-electron chi connectivity index (χ1n) is 8.50. The van der Waals surface area contributed by atoms with Crippen LogP contribution in [0.5, 0.6) is 0 Å². The number of carbonyl (C=O) groups is 1. The first-order chi connectivity index (χ1) is 11.7. The zero-order valence-electron chi connectivity index (χ0n) is 13.8. The number of amides is 1. The number of benzene rings is 1. The number of nitrogens with one attached hydrogen (secondary N) is 1. The van der Waals surface area contributed by atoms with Gasteiger partial charge in [-0.25, -0.2) is 4.68 Å². The van der Waals surface area contributed by atoms with Crippen molar-refractivity contribution in [1.82, 2.24) is 30.4 Å². The van der Waals surface area contributed by atoms with E-state index in [-0.39, 0.29) is 11.9 Å². The Bertz CT molecular complexity index is 703. The number of carbonyl (C=O) groups excluding carboxylic acids is 1. The third kappa shape index (κ3) is 2.80. The van der Waals surface area contributed by atoms with Gasteiger partial charge in [-0.05, 0) is 34.7 Å². The van der Waals surface area contributed by atoms with E-state index in [1.165, 1.54) is 0 Å². The lowest BCUT2D eigenvalue weighted by Gasteiger charge is -2.24. The Kier molecular flexibility index (Phi) is 4.02. The van der Waals surface area contributed by atoms with Crippen LogP contribution in [0.3, 0.4) is 0 Å². The van der Waals surface area contributed by atoms with Crippen LogP contribution in [0, 0.1) is 18.8 Å². The fourth-order valence-electron chi connectivity index (χ4n) is 3.89. The number of nitrogens with zero attached hydrogens (tertiary/aromatic N) is 5. The molecule has 1 unspecified atom stereocenters. The molecule has 4 rings (SSSR count). The Morgan fingerprint density at radius 3 is 2.58 bits per heavy atom. The van der Waals surface area contributed by atoms with Crippen molar-refractivity contribution < 1.29 is 4.79 Å². The Morgan fingerprint density at radius 2 is 1.96 bits per heavy atom. The molecule has 126 valence electrons. The van der Waals surface area contributed by atoms with Crippen LogP contribution in [0.4, 0.5) is 0 Å². The van der Waals surface area contributed by atoms with Gasteiger partial charge in [0.25, 0.3) is 0 Å². The van der Waals surface area contributed by atoms with Crippen molar-refractivity contribution >= 4 is 5.91 Å². The van der Waals surface area contributed by atoms with Crippen molar-refractivity contribution in [3.63, 3.8) is 0 Å². The van der Waals surface area contributed by atoms with Crippen molar-refractivity contribution in [3.8, 4) is 0 Å². The highest BCUT2D eigenvalue weighted by Gasteiger charge is 2.40. The van der Waals surface area contributed by atoms with Crippen LogP contribution in [0.2, 0.25) is 0 Å². The molecule has 0 aliphatic carbocycles. The average molecular weight is 326 g/mol. The van der Waals surface area contributed by atoms with E-state index in [0.717, 1.165) is 31.7 Å². The molecule has 3 atom stereocenters. The van der Waals surface area contributed by atoms with E-state index in [0.29, 0.717) is 24.1 Å². The highest BCUT2D eigenvalue weighted by atomic mass is 16.2. The predicted molar refractivity (Wildman–Crippen MR) is 88.2 cm³/mol. The summed E-state index contributed by atoms with van der Waals surface area (Å²) in [6.07, 6.45) is 0.607. The molecule has 1 amide bonds. The molecule has 24 heavy (non-hydrogen) atoms. The topological polar surface area (TPSA) is 75.9 Å². The molecule has 0 saturated carbocycles. The van der Waals surface area contributed by atoms with Gasteiger partial charge in [0.2, 0.25) is 5.91 Å². The van der Waals surface area contributed by atoms with E-state index in [4.69, 9.17) is 0 Å². The minimum atomic E-state index is -0.380. The lowest BCUT2D eigenvalue weighted by molar-refractivity contribution is -0.134. The van der Waals surface area contributed by atoms with Gasteiger partial charge in [-0.2, -0.15) is 0 Å². The molecule has 7 heteroatoms. The number of hydrogen-bond acceptors (Lipinski definition) is 5. The maximum Gasteiger partial charge on any atom is 0.247 e. The largest absolute Gasteiger partial charge is 0.340 e. The number of tetrazole rings is 1. The van der Waals surface area contributed by atoms with E-state index >= 15 is 0 Å². The smallest absolute Gasteiger partial charge is 0.247 e. The highest BCUT2D eigenvalue weighted by Crippen LogP contribution is 2.29. The monoisotopic (exact) mass is 326 g/mol. The summed E-state index contributed by atoms with van der Waals surface area (Å²) in [7, 11) is 0. The van der Waals surface area contributed by atoms with Crippen molar-refractivity contribution in [2.24, 2.45) is 11.8 Å². The molecule has 1 N–H and O–H groups in total. The van der Waals surface area contributed by atoms with Gasteiger partial charge >= 0.3 is 0 Å². The van der Waals surface area contributed by atoms with Gasteiger partial charge in [0, 0.05) is 32.6 Å². The molecular formula is C17H22N6O. The molecule has 0 radical (unpaired) electrons. The molecule has 2 aliphatic heterocycles. The van der Waals surface area contributed by atoms with Crippen molar-refractivity contribution in [1.29, 1.82) is 0 Å². The molecule has 0 bridgehead atoms. The first-order valence-corrected chi connectivity index (χ1v) is 8.50. The lowest BCUT2D eigenvalue weighted by atomic mass is 10.0. The number of hydrogen-bond donors (Lipinski definition) is 1. The summed E-state index contributed by atoms with van der Waals surface area (Å²) in [4.78, 5) is 15.2. The SMILES string of the molecule is Cc1nnnn1C(Cc1ccccc1)C(=O)N1C[C@H]2CNC[C@H]2C1. The number of fused-ring (bicyclic) bond motifs is 1. The van der Waals surface area contributed by atoms with Gasteiger partial charge < -0.3 is 10.2 Å². The van der Waals surface area contributed by atoms with Gasteiger partial charge in [-0.15, -0.1) is 5.10 Å². The van der Waals surface area contributed by atoms with E-state index in [2.05, 4.69) is 20.8 Å². The normalized spacial score (nSPS) is 24.1. The van der Waals surface area contributed by atoms with Gasteiger partial charge in [0.05, 0.1) is 0 Å². The van der Waals surface area contributed by atoms with Crippen LogP contribution in [-0.4, -0.2) is 57.2 Å². The number of aromatic nitrogens is 4. The predicted octanol–water partition coefficient (Wildman–Crippen LogP) is 0.443. The van der Waals surface area contributed by atoms with Crippen LogP contribution in [0.15, 0.2) is 30.3 Å². The van der Waals surface area contributed by atoms with Crippen LogP contribution >= 0.6 is 0 Å². The van der Waals surface area contributed by atoms with Crippen molar-refractivity contribution in [3.05, 3.63) is 41.7 Å². The molecular weight excluding hydrogens is 304 g/mol. The Labute approximate surface area is 141 Å². The second kappa shape index (κ2) is 6.32. The standard InChI is InChI=1S/C17H22N6O/c1-12-19-20-21-23(12)16(7-13-5-3-2-4-6-13)17(24)22-10-14-8-18-9-15(14)11-22/h2-6,14-16,18H,7-11H2,1H3/t14-,15+,16?. The molecule has 1 aromatic heterocycles. The zero-order chi connectivity index (χ0) is 16.5. The average Bonchev–Trinajstić information content (AvgIpc) is 3.29. The molecule has 0 spiro atoms. The van der Waals surface area contributed by atoms with Crippen LogP contribution in [0.1, 0.15) is 17.4 Å². The third-order valence-electron chi connectivity index (χ3n) is 5.21. The fraction of sp³-hybridized carbons (Fsp3) is 0.529. The summed E-state index contributed by atoms with van der Waals surface area (Å²) in [5, 5.41) is 15.2. The lowest BCUT2D eigenvalue weighted by Crippen LogP contribution is -2.39. The van der Waals surface area contributed by atoms with Crippen LogP contribution in [-0.2, 0) is 11.2 Å². The minimum Gasteiger partial charge on any atom is -0.340 e. The number of likely N-dealkylation sites (tertiary alicyclic amines) is 1. The summed E-state index contributed by atoms with van der Waals surface area (Å²) < 4.78 is 1.67. The molecule has 2 fully saturated rings. The molecule has 1 aromatic carbocycles. The first kappa shape index (κ1) is 15.3. The number of rotatable bonds is 4. The maximum atomic E-state index is 13.2. The van der Waals surface area contributed by atoms with E-state index < -0.39 is 0 Å². The Hall–Kier alpha value is -2.28. The summed E-state index contributed by atoms with van der Waals surface area (Å²) in [5.74, 6) is 1.97. The zero-order valence-corrected chi connectivity index (χ0v) is 13.8. The number of aryl methyl sites for hydroxylation is 1. The van der Waals surface area contributed by atoms with E-state index in [9.17, 15) is 4.79 Å². The van der Waals surface area contributed by atoms with Crippen LogP contribution < -0.4 is 5.32 Å². The van der Waals surface area contributed by atoms with Crippen molar-refractivity contribution in [2.75, 3.05) is 26.2 Å². The van der Waals surface area contributed by atoms with Gasteiger partial charge in [0.1, 0.15) is 11.9 Å². The minimum absolute atomic E-state index is 0.128. The van der Waals surface area contributed by atoms with Gasteiger partial charge in [-0.1, -0.05) is 30.3 Å². The highest BCUT2D eigenvalue weighted by molar-refractivity contribution is 5.81. The molecule has 2 saturated heterocycles. The fourth-order valence-corrected chi connectivity index (χ4v) is 3.89. The van der Waals surface area contributed by atoms with E-state index in [1.807, 2.05) is 42.2 Å². The third-order valence-corrected chi connectivity index (χ3v) is 5.21. The summed E-state index contributed by atoms with van der Waals surface area (Å²) in [6.45, 7) is 5.54.